The van der Waals surface area contributed by atoms with Crippen molar-refractivity contribution in [3.05, 3.63) is 35.4 Å². The Morgan fingerprint density at radius 1 is 1.13 bits per heavy atom. The lowest BCUT2D eigenvalue weighted by atomic mass is 9.87. The van der Waals surface area contributed by atoms with E-state index in [-0.39, 0.29) is 11.3 Å². The first-order chi connectivity index (χ1) is 10.7. The number of carbonyl (C=O) groups excluding carboxylic acids is 1. The minimum Gasteiger partial charge on any atom is -0.361 e. The summed E-state index contributed by atoms with van der Waals surface area (Å²) in [5.41, 5.74) is 7.19. The molecule has 0 saturated heterocycles. The summed E-state index contributed by atoms with van der Waals surface area (Å²) in [5.74, 6) is -0.206. The normalized spacial score (nSPS) is 11.2. The van der Waals surface area contributed by atoms with E-state index < -0.39 is 0 Å². The van der Waals surface area contributed by atoms with E-state index >= 15 is 0 Å². The van der Waals surface area contributed by atoms with Gasteiger partial charge >= 0.3 is 0 Å². The molecule has 1 aromatic carbocycles. The zero-order valence-corrected chi connectivity index (χ0v) is 15.5. The molecule has 0 aliphatic carbocycles. The standard InChI is InChI=1S/C17H28N4OS/c1-17(2,3)14-9-7-13(8-10-14)15(22)19-20-16(23)18-11-6-12-21(4)5/h7-10H,6,11-12H2,1-5H3,(H,19,22)(H2,18,20,23). The molecule has 1 amide bonds. The van der Waals surface area contributed by atoms with Gasteiger partial charge in [-0.2, -0.15) is 0 Å². The molecule has 128 valence electrons. The van der Waals surface area contributed by atoms with Gasteiger partial charge < -0.3 is 10.2 Å². The highest BCUT2D eigenvalue weighted by molar-refractivity contribution is 7.80. The van der Waals surface area contributed by atoms with Crippen molar-refractivity contribution in [3.63, 3.8) is 0 Å². The molecule has 1 aromatic rings. The molecule has 0 aliphatic rings. The fourth-order valence-electron chi connectivity index (χ4n) is 1.95. The molecule has 0 aliphatic heterocycles. The number of rotatable bonds is 5. The third-order valence-corrected chi connectivity index (χ3v) is 3.62. The van der Waals surface area contributed by atoms with E-state index in [4.69, 9.17) is 12.2 Å². The number of hydrazine groups is 1. The topological polar surface area (TPSA) is 56.4 Å². The fraction of sp³-hybridized carbons (Fsp3) is 0.529. The van der Waals surface area contributed by atoms with Gasteiger partial charge in [0.05, 0.1) is 0 Å². The molecule has 0 spiro atoms. The number of hydrogen-bond acceptors (Lipinski definition) is 3. The van der Waals surface area contributed by atoms with Crippen molar-refractivity contribution in [2.24, 2.45) is 0 Å². The number of benzene rings is 1. The van der Waals surface area contributed by atoms with Crippen molar-refractivity contribution in [1.82, 2.24) is 21.1 Å². The third-order valence-electron chi connectivity index (χ3n) is 3.37. The maximum atomic E-state index is 12.1. The van der Waals surface area contributed by atoms with Crippen molar-refractivity contribution in [3.8, 4) is 0 Å². The van der Waals surface area contributed by atoms with Crippen molar-refractivity contribution >= 4 is 23.2 Å². The second-order valence-corrected chi connectivity index (χ2v) is 7.23. The van der Waals surface area contributed by atoms with Crippen LogP contribution in [0.3, 0.4) is 0 Å². The van der Waals surface area contributed by atoms with Crippen LogP contribution < -0.4 is 16.2 Å². The Balaban J connectivity index is 2.37. The molecule has 6 heteroatoms. The molecular formula is C17H28N4OS. The third kappa shape index (κ3) is 7.43. The highest BCUT2D eigenvalue weighted by Gasteiger charge is 2.14. The van der Waals surface area contributed by atoms with Crippen molar-refractivity contribution in [2.75, 3.05) is 27.2 Å². The highest BCUT2D eigenvalue weighted by atomic mass is 32.1. The summed E-state index contributed by atoms with van der Waals surface area (Å²) < 4.78 is 0. The average molecular weight is 337 g/mol. The quantitative estimate of drug-likeness (QED) is 0.436. The predicted molar refractivity (Wildman–Crippen MR) is 99.5 cm³/mol. The molecule has 1 rings (SSSR count). The van der Waals surface area contributed by atoms with Gasteiger partial charge in [-0.25, -0.2) is 0 Å². The van der Waals surface area contributed by atoms with E-state index in [9.17, 15) is 4.79 Å². The smallest absolute Gasteiger partial charge is 0.269 e. The van der Waals surface area contributed by atoms with Gasteiger partial charge in [-0.05, 0) is 62.4 Å². The molecule has 3 N–H and O–H groups in total. The van der Waals surface area contributed by atoms with E-state index in [1.54, 1.807) is 0 Å². The summed E-state index contributed by atoms with van der Waals surface area (Å²) in [5, 5.41) is 3.47. The molecule has 0 radical (unpaired) electrons. The highest BCUT2D eigenvalue weighted by Crippen LogP contribution is 2.22. The Kier molecular flexibility index (Phi) is 7.45. The van der Waals surface area contributed by atoms with Crippen LogP contribution in [0.25, 0.3) is 0 Å². The molecule has 5 nitrogen and oxygen atoms in total. The zero-order chi connectivity index (χ0) is 17.5. The lowest BCUT2D eigenvalue weighted by Crippen LogP contribution is -2.47. The number of amides is 1. The van der Waals surface area contributed by atoms with Crippen molar-refractivity contribution in [2.45, 2.75) is 32.6 Å². The van der Waals surface area contributed by atoms with Gasteiger partial charge in [-0.15, -0.1) is 0 Å². The Labute approximate surface area is 144 Å². The lowest BCUT2D eigenvalue weighted by Gasteiger charge is -2.19. The minimum atomic E-state index is -0.206. The molecule has 0 fully saturated rings. The maximum Gasteiger partial charge on any atom is 0.269 e. The minimum absolute atomic E-state index is 0.0747. The lowest BCUT2D eigenvalue weighted by molar-refractivity contribution is 0.0943. The molecule has 0 bridgehead atoms. The summed E-state index contributed by atoms with van der Waals surface area (Å²) in [6, 6.07) is 7.61. The first-order valence-corrected chi connectivity index (χ1v) is 8.20. The Morgan fingerprint density at radius 3 is 2.26 bits per heavy atom. The van der Waals surface area contributed by atoms with Gasteiger partial charge in [-0.1, -0.05) is 32.9 Å². The maximum absolute atomic E-state index is 12.1. The molecule has 0 saturated carbocycles. The van der Waals surface area contributed by atoms with Crippen LogP contribution in [0.2, 0.25) is 0 Å². The van der Waals surface area contributed by atoms with Crippen LogP contribution in [0.4, 0.5) is 0 Å². The van der Waals surface area contributed by atoms with E-state index in [2.05, 4.69) is 41.8 Å². The van der Waals surface area contributed by atoms with Crippen LogP contribution in [0.1, 0.15) is 43.1 Å². The zero-order valence-electron chi connectivity index (χ0n) is 14.7. The second kappa shape index (κ2) is 8.84. The summed E-state index contributed by atoms with van der Waals surface area (Å²) in [7, 11) is 4.06. The molecular weight excluding hydrogens is 308 g/mol. The van der Waals surface area contributed by atoms with Crippen molar-refractivity contribution < 1.29 is 4.79 Å². The second-order valence-electron chi connectivity index (χ2n) is 6.82. The summed E-state index contributed by atoms with van der Waals surface area (Å²) in [6.45, 7) is 8.18. The van der Waals surface area contributed by atoms with Gasteiger partial charge in [0.2, 0.25) is 0 Å². The van der Waals surface area contributed by atoms with Gasteiger partial charge in [0.25, 0.3) is 5.91 Å². The first-order valence-electron chi connectivity index (χ1n) is 7.79. The van der Waals surface area contributed by atoms with E-state index in [0.717, 1.165) is 19.5 Å². The van der Waals surface area contributed by atoms with E-state index in [1.807, 2.05) is 38.4 Å². The number of nitrogens with zero attached hydrogens (tertiary/aromatic N) is 1. The van der Waals surface area contributed by atoms with E-state index in [1.165, 1.54) is 5.56 Å². The van der Waals surface area contributed by atoms with E-state index in [0.29, 0.717) is 10.7 Å². The van der Waals surface area contributed by atoms with Crippen LogP contribution in [0.5, 0.6) is 0 Å². The largest absolute Gasteiger partial charge is 0.361 e. The van der Waals surface area contributed by atoms with Crippen LogP contribution >= 0.6 is 12.2 Å². The summed E-state index contributed by atoms with van der Waals surface area (Å²) in [4.78, 5) is 14.2. The fourth-order valence-corrected chi connectivity index (χ4v) is 2.10. The van der Waals surface area contributed by atoms with Crippen molar-refractivity contribution in [1.29, 1.82) is 0 Å². The van der Waals surface area contributed by atoms with Gasteiger partial charge in [0, 0.05) is 12.1 Å². The van der Waals surface area contributed by atoms with Gasteiger partial charge in [-0.3, -0.25) is 15.6 Å². The summed E-state index contributed by atoms with van der Waals surface area (Å²) >= 11 is 5.12. The predicted octanol–water partition coefficient (Wildman–Crippen LogP) is 2.04. The molecule has 0 heterocycles. The average Bonchev–Trinajstić information content (AvgIpc) is 2.48. The van der Waals surface area contributed by atoms with Crippen LogP contribution in [-0.2, 0) is 5.41 Å². The number of carbonyl (C=O) groups is 1. The van der Waals surface area contributed by atoms with Gasteiger partial charge in [0.1, 0.15) is 0 Å². The molecule has 0 aromatic heterocycles. The first kappa shape index (κ1) is 19.4. The Hall–Kier alpha value is -1.66. The van der Waals surface area contributed by atoms with Crippen LogP contribution in [0, 0.1) is 0 Å². The molecule has 0 unspecified atom stereocenters. The number of thiocarbonyl (C=S) groups is 1. The Morgan fingerprint density at radius 2 is 1.74 bits per heavy atom. The molecule has 23 heavy (non-hydrogen) atoms. The molecule has 0 atom stereocenters. The monoisotopic (exact) mass is 336 g/mol. The SMILES string of the molecule is CN(C)CCCNC(=S)NNC(=O)c1ccc(C(C)(C)C)cc1. The van der Waals surface area contributed by atoms with Crippen LogP contribution in [-0.4, -0.2) is 43.1 Å². The Bertz CT molecular complexity index is 520. The number of hydrogen-bond donors (Lipinski definition) is 3. The van der Waals surface area contributed by atoms with Gasteiger partial charge in [0.15, 0.2) is 5.11 Å². The van der Waals surface area contributed by atoms with Crippen LogP contribution in [0.15, 0.2) is 24.3 Å². The number of nitrogens with one attached hydrogen (secondary N) is 3. The summed E-state index contributed by atoms with van der Waals surface area (Å²) in [6.07, 6.45) is 0.983.